The minimum atomic E-state index is -2.67. The topological polar surface area (TPSA) is 165 Å². The molecule has 0 aliphatic heterocycles. The molecule has 0 spiro atoms. The van der Waals surface area contributed by atoms with E-state index < -0.39 is 58.7 Å². The highest BCUT2D eigenvalue weighted by Gasteiger charge is 2.67. The van der Waals surface area contributed by atoms with Crippen molar-refractivity contribution in [2.45, 2.75) is 30.6 Å². The Bertz CT molecular complexity index is 1380. The fourth-order valence-corrected chi connectivity index (χ4v) is 7.41. The molecule has 10 nitrogen and oxygen atoms in total. The number of carbonyl (C=O) groups is 3. The quantitative estimate of drug-likeness (QED) is 0.354. The number of Topliss-reactive ketones (excluding diaryl/α,β-unsaturated/α-hetero) is 2. The predicted octanol–water partition coefficient (Wildman–Crippen LogP) is 0.923. The third kappa shape index (κ3) is 3.46. The molecule has 1 aromatic carbocycles. The fourth-order valence-electron chi connectivity index (χ4n) is 6.67. The van der Waals surface area contributed by atoms with E-state index in [1.54, 1.807) is 19.0 Å². The molecule has 2 aromatic rings. The van der Waals surface area contributed by atoms with Gasteiger partial charge in [0.05, 0.1) is 11.7 Å². The van der Waals surface area contributed by atoms with E-state index in [0.29, 0.717) is 11.1 Å². The molecular formula is C27H31N3O7S. The smallest absolute Gasteiger partial charge is 0.230 e. The number of benzene rings is 1. The molecule has 0 radical (unpaired) electrons. The zero-order valence-electron chi connectivity index (χ0n) is 21.5. The predicted molar refractivity (Wildman–Crippen MR) is 142 cm³/mol. The number of hydrogen-bond donors (Lipinski definition) is 5. The van der Waals surface area contributed by atoms with Crippen molar-refractivity contribution in [3.05, 3.63) is 40.3 Å². The molecule has 5 rings (SSSR count). The van der Waals surface area contributed by atoms with Crippen molar-refractivity contribution < 1.29 is 34.8 Å². The van der Waals surface area contributed by atoms with E-state index in [2.05, 4.69) is 0 Å². The number of fused-ring (bicyclic) bond motifs is 3. The molecule has 3 aliphatic carbocycles. The van der Waals surface area contributed by atoms with Crippen molar-refractivity contribution in [2.75, 3.05) is 33.1 Å². The lowest BCUT2D eigenvalue weighted by Gasteiger charge is -2.53. The van der Waals surface area contributed by atoms with E-state index in [1.165, 1.54) is 11.3 Å². The van der Waals surface area contributed by atoms with Gasteiger partial charge in [-0.15, -0.1) is 11.3 Å². The summed E-state index contributed by atoms with van der Waals surface area (Å²) in [6.07, 6.45) is -1.18. The summed E-state index contributed by atoms with van der Waals surface area (Å²) in [5.74, 6) is -7.47. The number of nitrogens with two attached hydrogens (primary N) is 1. The second-order valence-electron chi connectivity index (χ2n) is 10.8. The Morgan fingerprint density at radius 3 is 2.42 bits per heavy atom. The largest absolute Gasteiger partial charge is 0.507 e. The molecule has 0 saturated heterocycles. The molecule has 1 heterocycles. The number of phenolic OH excluding ortho intramolecular Hbond substituents is 1. The molecule has 1 amide bonds. The second-order valence-corrected chi connectivity index (χ2v) is 11.8. The Balaban J connectivity index is 1.74. The highest BCUT2D eigenvalue weighted by atomic mass is 32.1. The standard InChI is InChI=1S/C27H31N3O7S/c1-29(2)15-10-13(16-6-5-7-38-16)21(31)18-12(15)8-11-9-14-20(30(3)4)23(33)19(26(28)36)25(35)27(14,37)24(34)17(11)22(18)32/h5-7,10-11,14,19-20,23,31-33,37H,8-9H2,1-4H3,(H2,28,36)/t11-,14-,19?,20-,23?,27-/m0/s1. The Labute approximate surface area is 223 Å². The Morgan fingerprint density at radius 1 is 1.18 bits per heavy atom. The van der Waals surface area contributed by atoms with Crippen LogP contribution in [0.2, 0.25) is 0 Å². The summed E-state index contributed by atoms with van der Waals surface area (Å²) in [6, 6.07) is 4.58. The van der Waals surface area contributed by atoms with Crippen LogP contribution in [0.5, 0.6) is 5.75 Å². The summed E-state index contributed by atoms with van der Waals surface area (Å²) in [6.45, 7) is 0. The van der Waals surface area contributed by atoms with Crippen molar-refractivity contribution >= 4 is 40.3 Å². The molecule has 3 aliphatic rings. The first-order valence-corrected chi connectivity index (χ1v) is 13.2. The molecule has 11 heteroatoms. The van der Waals surface area contributed by atoms with Gasteiger partial charge in [-0.25, -0.2) is 0 Å². The molecule has 38 heavy (non-hydrogen) atoms. The van der Waals surface area contributed by atoms with Gasteiger partial charge in [-0.1, -0.05) is 6.07 Å². The third-order valence-corrected chi connectivity index (χ3v) is 9.24. The van der Waals surface area contributed by atoms with E-state index in [4.69, 9.17) is 5.73 Å². The lowest BCUT2D eigenvalue weighted by Crippen LogP contribution is -2.73. The Morgan fingerprint density at radius 2 is 1.87 bits per heavy atom. The summed E-state index contributed by atoms with van der Waals surface area (Å²) < 4.78 is 0. The maximum atomic E-state index is 14.0. The number of nitrogens with zero attached hydrogens (tertiary/aromatic N) is 2. The summed E-state index contributed by atoms with van der Waals surface area (Å²) >= 11 is 1.41. The fraction of sp³-hybridized carbons (Fsp3) is 0.444. The Kier molecular flexibility index (Phi) is 6.18. The van der Waals surface area contributed by atoms with Gasteiger partial charge >= 0.3 is 0 Å². The lowest BCUT2D eigenvalue weighted by atomic mass is 9.54. The third-order valence-electron chi connectivity index (χ3n) is 8.33. The molecule has 2 saturated carbocycles. The van der Waals surface area contributed by atoms with Crippen molar-refractivity contribution in [2.24, 2.45) is 23.5 Å². The summed E-state index contributed by atoms with van der Waals surface area (Å²) in [5.41, 5.74) is 4.54. The van der Waals surface area contributed by atoms with Gasteiger partial charge in [0.15, 0.2) is 11.4 Å². The molecular weight excluding hydrogens is 510 g/mol. The summed E-state index contributed by atoms with van der Waals surface area (Å²) in [7, 11) is 6.93. The van der Waals surface area contributed by atoms with Crippen molar-refractivity contribution in [1.82, 2.24) is 4.90 Å². The molecule has 2 fully saturated rings. The van der Waals surface area contributed by atoms with Crippen LogP contribution in [0.1, 0.15) is 17.5 Å². The summed E-state index contributed by atoms with van der Waals surface area (Å²) in [5, 5.41) is 47.4. The van der Waals surface area contributed by atoms with Gasteiger partial charge in [0.25, 0.3) is 0 Å². The molecule has 1 aromatic heterocycles. The number of ketones is 2. The molecule has 2 unspecified atom stereocenters. The Hall–Kier alpha value is -3.25. The van der Waals surface area contributed by atoms with E-state index in [1.807, 2.05) is 42.6 Å². The molecule has 6 N–H and O–H groups in total. The number of aliphatic hydroxyl groups excluding tert-OH is 2. The maximum absolute atomic E-state index is 14.0. The van der Waals surface area contributed by atoms with Gasteiger partial charge < -0.3 is 36.0 Å². The van der Waals surface area contributed by atoms with Crippen LogP contribution < -0.4 is 10.6 Å². The highest BCUT2D eigenvalue weighted by molar-refractivity contribution is 7.13. The zero-order chi connectivity index (χ0) is 27.8. The minimum Gasteiger partial charge on any atom is -0.507 e. The van der Waals surface area contributed by atoms with E-state index in [-0.39, 0.29) is 29.7 Å². The number of phenols is 1. The number of likely N-dealkylation sites (N-methyl/N-ethyl adjacent to an activating group) is 1. The molecule has 202 valence electrons. The van der Waals surface area contributed by atoms with Crippen molar-refractivity contribution in [1.29, 1.82) is 0 Å². The van der Waals surface area contributed by atoms with Crippen LogP contribution in [0.3, 0.4) is 0 Å². The number of anilines is 1. The van der Waals surface area contributed by atoms with Gasteiger partial charge in [0.1, 0.15) is 17.4 Å². The first kappa shape index (κ1) is 26.4. The van der Waals surface area contributed by atoms with Crippen LogP contribution in [0.15, 0.2) is 29.2 Å². The van der Waals surface area contributed by atoms with E-state index >= 15 is 0 Å². The van der Waals surface area contributed by atoms with Gasteiger partial charge in [-0.05, 0) is 55.9 Å². The van der Waals surface area contributed by atoms with Gasteiger partial charge in [-0.2, -0.15) is 0 Å². The monoisotopic (exact) mass is 541 g/mol. The average Bonchev–Trinajstić information content (AvgIpc) is 3.35. The van der Waals surface area contributed by atoms with Crippen LogP contribution in [0.4, 0.5) is 5.69 Å². The summed E-state index contributed by atoms with van der Waals surface area (Å²) in [4.78, 5) is 43.8. The first-order chi connectivity index (χ1) is 17.8. The van der Waals surface area contributed by atoms with Crippen LogP contribution in [-0.4, -0.2) is 88.7 Å². The minimum absolute atomic E-state index is 0.0819. The van der Waals surface area contributed by atoms with Crippen molar-refractivity contribution in [3.63, 3.8) is 0 Å². The molecule has 6 atom stereocenters. The molecule has 0 bridgehead atoms. The number of carbonyl (C=O) groups excluding carboxylic acids is 3. The number of thiophene rings is 1. The maximum Gasteiger partial charge on any atom is 0.230 e. The van der Waals surface area contributed by atoms with E-state index in [9.17, 15) is 34.8 Å². The second kappa shape index (κ2) is 8.91. The van der Waals surface area contributed by atoms with Crippen LogP contribution in [0.25, 0.3) is 16.2 Å². The van der Waals surface area contributed by atoms with E-state index in [0.717, 1.165) is 10.6 Å². The van der Waals surface area contributed by atoms with Gasteiger partial charge in [0, 0.05) is 47.8 Å². The number of primary amides is 1. The van der Waals surface area contributed by atoms with Crippen molar-refractivity contribution in [3.8, 4) is 16.2 Å². The SMILES string of the molecule is CN(C)c1cc(-c2cccs2)c(O)c2c1C[C@H]1C[C@H]3[C@H](N(C)C)C(O)C(C(N)=O)C(=O)[C@@]3(O)C(=O)C1=C2O. The normalized spacial score (nSPS) is 30.7. The number of aromatic hydroxyl groups is 1. The van der Waals surface area contributed by atoms with Gasteiger partial charge in [0.2, 0.25) is 11.7 Å². The zero-order valence-corrected chi connectivity index (χ0v) is 22.3. The number of hydrogen-bond acceptors (Lipinski definition) is 10. The lowest BCUT2D eigenvalue weighted by molar-refractivity contribution is -0.184. The van der Waals surface area contributed by atoms with Crippen LogP contribution in [0, 0.1) is 17.8 Å². The first-order valence-electron chi connectivity index (χ1n) is 12.3. The number of aliphatic hydroxyl groups is 3. The van der Waals surface area contributed by atoms with Gasteiger partial charge in [-0.3, -0.25) is 14.4 Å². The highest BCUT2D eigenvalue weighted by Crippen LogP contribution is 2.54. The van der Waals surface area contributed by atoms with Crippen LogP contribution >= 0.6 is 11.3 Å². The number of rotatable bonds is 4. The average molecular weight is 542 g/mol. The number of amides is 1. The van der Waals surface area contributed by atoms with Crippen LogP contribution in [-0.2, 0) is 20.8 Å².